The second kappa shape index (κ2) is 5.80. The van der Waals surface area contributed by atoms with Crippen molar-refractivity contribution in [2.24, 2.45) is 5.73 Å². The van der Waals surface area contributed by atoms with Gasteiger partial charge >= 0.3 is 0 Å². The van der Waals surface area contributed by atoms with E-state index in [0.717, 1.165) is 24.9 Å². The van der Waals surface area contributed by atoms with Crippen molar-refractivity contribution >= 4 is 11.6 Å². The number of aryl methyl sites for hydroxylation is 1. The summed E-state index contributed by atoms with van der Waals surface area (Å²) in [5, 5.41) is 2.90. The molecule has 0 radical (unpaired) electrons. The molecule has 1 aromatic rings. The summed E-state index contributed by atoms with van der Waals surface area (Å²) in [5.74, 6) is -0.0491. The maximum Gasteiger partial charge on any atom is 0.253 e. The fourth-order valence-electron chi connectivity index (χ4n) is 1.96. The van der Waals surface area contributed by atoms with Crippen molar-refractivity contribution in [3.63, 3.8) is 0 Å². The van der Waals surface area contributed by atoms with E-state index in [0.29, 0.717) is 13.2 Å². The van der Waals surface area contributed by atoms with Crippen LogP contribution < -0.4 is 11.1 Å². The number of rotatable bonds is 4. The molecule has 0 aromatic heterocycles. The van der Waals surface area contributed by atoms with Crippen molar-refractivity contribution in [2.75, 3.05) is 18.5 Å². The second-order valence-electron chi connectivity index (χ2n) is 4.19. The Morgan fingerprint density at radius 2 is 2.24 bits per heavy atom. The lowest BCUT2D eigenvalue weighted by molar-refractivity contribution is -0.127. The average molecular weight is 234 g/mol. The van der Waals surface area contributed by atoms with Crippen molar-refractivity contribution in [3.8, 4) is 0 Å². The van der Waals surface area contributed by atoms with E-state index >= 15 is 0 Å². The van der Waals surface area contributed by atoms with Crippen LogP contribution in [0.2, 0.25) is 0 Å². The predicted octanol–water partition coefficient (Wildman–Crippen LogP) is 1.31. The SMILES string of the molecule is NCCCOC1CCc2ccccc2NC1=O. The third-order valence-electron chi connectivity index (χ3n) is 2.91. The maximum atomic E-state index is 11.9. The lowest BCUT2D eigenvalue weighted by atomic mass is 10.1. The summed E-state index contributed by atoms with van der Waals surface area (Å²) >= 11 is 0. The number of benzene rings is 1. The quantitative estimate of drug-likeness (QED) is 0.772. The molecule has 0 aliphatic carbocycles. The molecule has 17 heavy (non-hydrogen) atoms. The number of para-hydroxylation sites is 1. The molecule has 2 rings (SSSR count). The van der Waals surface area contributed by atoms with Gasteiger partial charge in [-0.15, -0.1) is 0 Å². The molecular weight excluding hydrogens is 216 g/mol. The van der Waals surface area contributed by atoms with Crippen LogP contribution in [-0.4, -0.2) is 25.2 Å². The molecule has 1 heterocycles. The first-order chi connectivity index (χ1) is 8.31. The van der Waals surface area contributed by atoms with Crippen molar-refractivity contribution in [3.05, 3.63) is 29.8 Å². The molecule has 92 valence electrons. The Morgan fingerprint density at radius 3 is 3.06 bits per heavy atom. The molecule has 0 fully saturated rings. The first-order valence-electron chi connectivity index (χ1n) is 6.01. The van der Waals surface area contributed by atoms with Crippen LogP contribution in [0, 0.1) is 0 Å². The first kappa shape index (κ1) is 12.1. The van der Waals surface area contributed by atoms with Gasteiger partial charge in [-0.1, -0.05) is 18.2 Å². The number of hydrogen-bond donors (Lipinski definition) is 2. The Kier molecular flexibility index (Phi) is 4.12. The molecule has 0 saturated heterocycles. The molecule has 1 aliphatic rings. The highest BCUT2D eigenvalue weighted by Crippen LogP contribution is 2.22. The summed E-state index contributed by atoms with van der Waals surface area (Å²) in [6.45, 7) is 1.14. The van der Waals surface area contributed by atoms with E-state index in [1.54, 1.807) is 0 Å². The van der Waals surface area contributed by atoms with Gasteiger partial charge in [0.25, 0.3) is 5.91 Å². The monoisotopic (exact) mass is 234 g/mol. The van der Waals surface area contributed by atoms with Gasteiger partial charge in [0.1, 0.15) is 6.10 Å². The highest BCUT2D eigenvalue weighted by Gasteiger charge is 2.23. The minimum Gasteiger partial charge on any atom is -0.368 e. The largest absolute Gasteiger partial charge is 0.368 e. The Hall–Kier alpha value is -1.39. The molecule has 1 aliphatic heterocycles. The average Bonchev–Trinajstić information content (AvgIpc) is 2.49. The Bertz CT molecular complexity index is 393. The summed E-state index contributed by atoms with van der Waals surface area (Å²) < 4.78 is 5.55. The standard InChI is InChI=1S/C13H18N2O2/c14-8-3-9-17-12-7-6-10-4-1-2-5-11(10)15-13(12)16/h1-2,4-5,12H,3,6-9,14H2,(H,15,16). The highest BCUT2D eigenvalue weighted by molar-refractivity contribution is 5.95. The van der Waals surface area contributed by atoms with Gasteiger partial charge in [0.15, 0.2) is 0 Å². The van der Waals surface area contributed by atoms with Crippen LogP contribution in [0.3, 0.4) is 0 Å². The van der Waals surface area contributed by atoms with Crippen molar-refractivity contribution in [1.82, 2.24) is 0 Å². The van der Waals surface area contributed by atoms with E-state index in [4.69, 9.17) is 10.5 Å². The number of carbonyl (C=O) groups excluding carboxylic acids is 1. The van der Waals surface area contributed by atoms with E-state index in [1.165, 1.54) is 5.56 Å². The third kappa shape index (κ3) is 3.05. The zero-order valence-electron chi connectivity index (χ0n) is 9.82. The van der Waals surface area contributed by atoms with Crippen LogP contribution in [0.4, 0.5) is 5.69 Å². The van der Waals surface area contributed by atoms with E-state index in [-0.39, 0.29) is 12.0 Å². The molecule has 1 unspecified atom stereocenters. The summed E-state index contributed by atoms with van der Waals surface area (Å²) in [4.78, 5) is 11.9. The van der Waals surface area contributed by atoms with Gasteiger partial charge < -0.3 is 15.8 Å². The van der Waals surface area contributed by atoms with Gasteiger partial charge in [-0.25, -0.2) is 0 Å². The molecule has 4 nitrogen and oxygen atoms in total. The van der Waals surface area contributed by atoms with Crippen molar-refractivity contribution in [1.29, 1.82) is 0 Å². The van der Waals surface area contributed by atoms with Gasteiger partial charge in [-0.2, -0.15) is 0 Å². The van der Waals surface area contributed by atoms with Crippen molar-refractivity contribution < 1.29 is 9.53 Å². The van der Waals surface area contributed by atoms with Gasteiger partial charge in [0.05, 0.1) is 0 Å². The fourth-order valence-corrected chi connectivity index (χ4v) is 1.96. The molecule has 0 bridgehead atoms. The van der Waals surface area contributed by atoms with Gasteiger partial charge in [0, 0.05) is 12.3 Å². The summed E-state index contributed by atoms with van der Waals surface area (Å²) in [6, 6.07) is 7.88. The minimum atomic E-state index is -0.353. The molecular formula is C13H18N2O2. The highest BCUT2D eigenvalue weighted by atomic mass is 16.5. The number of carbonyl (C=O) groups is 1. The number of nitrogens with one attached hydrogen (secondary N) is 1. The van der Waals surface area contributed by atoms with Crippen molar-refractivity contribution in [2.45, 2.75) is 25.4 Å². The maximum absolute atomic E-state index is 11.9. The van der Waals surface area contributed by atoms with Crippen LogP contribution >= 0.6 is 0 Å². The summed E-state index contributed by atoms with van der Waals surface area (Å²) in [5.41, 5.74) is 7.48. The van der Waals surface area contributed by atoms with Crippen LogP contribution in [0.25, 0.3) is 0 Å². The lowest BCUT2D eigenvalue weighted by Gasteiger charge is -2.13. The first-order valence-corrected chi connectivity index (χ1v) is 6.01. The zero-order valence-corrected chi connectivity index (χ0v) is 9.82. The molecule has 1 atom stereocenters. The Morgan fingerprint density at radius 1 is 1.41 bits per heavy atom. The molecule has 1 aromatic carbocycles. The van der Waals surface area contributed by atoms with E-state index in [1.807, 2.05) is 24.3 Å². The number of fused-ring (bicyclic) bond motifs is 1. The van der Waals surface area contributed by atoms with E-state index in [9.17, 15) is 4.79 Å². The Balaban J connectivity index is 2.00. The molecule has 0 spiro atoms. The number of amides is 1. The Labute approximate surface area is 101 Å². The molecule has 1 amide bonds. The normalized spacial score (nSPS) is 19.4. The van der Waals surface area contributed by atoms with Gasteiger partial charge in [-0.3, -0.25) is 4.79 Å². The molecule has 4 heteroatoms. The minimum absolute atomic E-state index is 0.0491. The smallest absolute Gasteiger partial charge is 0.253 e. The van der Waals surface area contributed by atoms with Crippen LogP contribution in [0.15, 0.2) is 24.3 Å². The summed E-state index contributed by atoms with van der Waals surface area (Å²) in [7, 11) is 0. The van der Waals surface area contributed by atoms with E-state index < -0.39 is 0 Å². The van der Waals surface area contributed by atoms with Crippen LogP contribution in [-0.2, 0) is 16.0 Å². The fraction of sp³-hybridized carbons (Fsp3) is 0.462. The zero-order chi connectivity index (χ0) is 12.1. The van der Waals surface area contributed by atoms with E-state index in [2.05, 4.69) is 5.32 Å². The molecule has 0 saturated carbocycles. The predicted molar refractivity (Wildman–Crippen MR) is 66.8 cm³/mol. The third-order valence-corrected chi connectivity index (χ3v) is 2.91. The summed E-state index contributed by atoms with van der Waals surface area (Å²) in [6.07, 6.45) is 2.03. The lowest BCUT2D eigenvalue weighted by Crippen LogP contribution is -2.30. The van der Waals surface area contributed by atoms with Crippen LogP contribution in [0.5, 0.6) is 0 Å². The number of hydrogen-bond acceptors (Lipinski definition) is 3. The van der Waals surface area contributed by atoms with Gasteiger partial charge in [0.2, 0.25) is 0 Å². The second-order valence-corrected chi connectivity index (χ2v) is 4.19. The van der Waals surface area contributed by atoms with Gasteiger partial charge in [-0.05, 0) is 37.4 Å². The number of nitrogens with two attached hydrogens (primary N) is 1. The number of ether oxygens (including phenoxy) is 1. The topological polar surface area (TPSA) is 64.3 Å². The number of anilines is 1. The molecule has 3 N–H and O–H groups in total. The van der Waals surface area contributed by atoms with Crippen LogP contribution in [0.1, 0.15) is 18.4 Å².